The molecule has 2 N–H and O–H groups in total. The molecular weight excluding hydrogens is 208 g/mol. The normalized spacial score (nSPS) is 13.4. The molecule has 1 radical (unpaired) electrons. The highest BCUT2D eigenvalue weighted by atomic mass is 16.6. The molecule has 1 atom stereocenters. The summed E-state index contributed by atoms with van der Waals surface area (Å²) in [7, 11) is 0. The van der Waals surface area contributed by atoms with E-state index >= 15 is 0 Å². The van der Waals surface area contributed by atoms with Gasteiger partial charge in [0, 0.05) is 0 Å². The highest BCUT2D eigenvalue weighted by Crippen LogP contribution is 2.09. The van der Waals surface area contributed by atoms with Crippen LogP contribution in [0.25, 0.3) is 0 Å². The zero-order valence-corrected chi connectivity index (χ0v) is 10.6. The Bertz CT molecular complexity index is 256. The van der Waals surface area contributed by atoms with Crippen LogP contribution in [0.1, 0.15) is 41.0 Å². The monoisotopic (exact) mass is 229 g/mol. The molecule has 2 amide bonds. The lowest BCUT2D eigenvalue weighted by molar-refractivity contribution is -0.121. The third-order valence-electron chi connectivity index (χ3n) is 1.71. The van der Waals surface area contributed by atoms with Crippen LogP contribution in [0.4, 0.5) is 4.79 Å². The summed E-state index contributed by atoms with van der Waals surface area (Å²) in [4.78, 5) is 22.4. The third kappa shape index (κ3) is 7.09. The van der Waals surface area contributed by atoms with Crippen molar-refractivity contribution in [3.63, 3.8) is 0 Å². The van der Waals surface area contributed by atoms with Gasteiger partial charge in [-0.3, -0.25) is 10.5 Å². The van der Waals surface area contributed by atoms with Gasteiger partial charge in [-0.25, -0.2) is 4.79 Å². The molecule has 0 fully saturated rings. The Kier molecular flexibility index (Phi) is 5.27. The van der Waals surface area contributed by atoms with E-state index in [4.69, 9.17) is 10.5 Å². The molecule has 0 aliphatic heterocycles. The van der Waals surface area contributed by atoms with Gasteiger partial charge in [-0.2, -0.15) is 0 Å². The van der Waals surface area contributed by atoms with Crippen molar-refractivity contribution in [1.82, 2.24) is 11.1 Å². The quantitative estimate of drug-likeness (QED) is 0.797. The molecular formula is C11H21N2O3. The fourth-order valence-corrected chi connectivity index (χ4v) is 1.15. The van der Waals surface area contributed by atoms with Crippen molar-refractivity contribution in [3.8, 4) is 0 Å². The summed E-state index contributed by atoms with van der Waals surface area (Å²) >= 11 is 0. The zero-order valence-electron chi connectivity index (χ0n) is 10.6. The summed E-state index contributed by atoms with van der Waals surface area (Å²) in [6.45, 7) is 9.07. The van der Waals surface area contributed by atoms with E-state index in [2.05, 4.69) is 5.32 Å². The van der Waals surface area contributed by atoms with Gasteiger partial charge in [-0.05, 0) is 33.1 Å². The number of alkyl carbamates (subject to hydrolysis) is 1. The number of carbonyl (C=O) groups excluding carboxylic acids is 2. The van der Waals surface area contributed by atoms with Crippen molar-refractivity contribution < 1.29 is 14.3 Å². The Balaban J connectivity index is 4.30. The summed E-state index contributed by atoms with van der Waals surface area (Å²) in [6, 6.07) is -0.783. The van der Waals surface area contributed by atoms with Gasteiger partial charge in [0.15, 0.2) is 0 Å². The Hall–Kier alpha value is -1.26. The number of ether oxygens (including phenoxy) is 1. The standard InChI is InChI=1S/C11H21N2O3/c1-7(2)6-8(9(12)14)13-10(15)16-11(3,4)5/h7-8,12H,6H2,1-5H3,(H,13,15). The van der Waals surface area contributed by atoms with Gasteiger partial charge in [0.25, 0.3) is 5.91 Å². The van der Waals surface area contributed by atoms with Crippen molar-refractivity contribution in [1.29, 1.82) is 0 Å². The van der Waals surface area contributed by atoms with Crippen molar-refractivity contribution in [3.05, 3.63) is 0 Å². The van der Waals surface area contributed by atoms with Gasteiger partial charge in [0.1, 0.15) is 11.6 Å². The van der Waals surface area contributed by atoms with Crippen LogP contribution in [0, 0.1) is 5.92 Å². The Morgan fingerprint density at radius 1 is 1.31 bits per heavy atom. The number of amides is 2. The fraction of sp³-hybridized carbons (Fsp3) is 0.818. The molecule has 0 heterocycles. The topological polar surface area (TPSA) is 79.2 Å². The molecule has 0 aromatic rings. The van der Waals surface area contributed by atoms with Gasteiger partial charge < -0.3 is 10.1 Å². The van der Waals surface area contributed by atoms with Gasteiger partial charge >= 0.3 is 6.09 Å². The predicted octanol–water partition coefficient (Wildman–Crippen LogP) is 1.74. The fourth-order valence-electron chi connectivity index (χ4n) is 1.15. The van der Waals surface area contributed by atoms with E-state index < -0.39 is 23.6 Å². The number of carbonyl (C=O) groups is 2. The SMILES string of the molecule is CC(C)CC(NC(=O)OC(C)(C)C)C([NH])=O. The maximum atomic E-state index is 11.4. The van der Waals surface area contributed by atoms with E-state index in [1.807, 2.05) is 13.8 Å². The first-order chi connectivity index (χ1) is 7.11. The molecule has 5 nitrogen and oxygen atoms in total. The lowest BCUT2D eigenvalue weighted by Crippen LogP contribution is -2.44. The first kappa shape index (κ1) is 14.7. The summed E-state index contributed by atoms with van der Waals surface area (Å²) < 4.78 is 5.01. The van der Waals surface area contributed by atoms with E-state index in [1.165, 1.54) is 0 Å². The van der Waals surface area contributed by atoms with Crippen LogP contribution in [0.3, 0.4) is 0 Å². The molecule has 0 rings (SSSR count). The van der Waals surface area contributed by atoms with Crippen LogP contribution < -0.4 is 11.1 Å². The molecule has 1 unspecified atom stereocenters. The number of hydrogen-bond donors (Lipinski definition) is 1. The van der Waals surface area contributed by atoms with Crippen molar-refractivity contribution in [2.45, 2.75) is 52.7 Å². The van der Waals surface area contributed by atoms with E-state index in [-0.39, 0.29) is 5.92 Å². The molecule has 0 aliphatic carbocycles. The average molecular weight is 229 g/mol. The highest BCUT2D eigenvalue weighted by molar-refractivity contribution is 5.83. The van der Waals surface area contributed by atoms with Gasteiger partial charge in [-0.1, -0.05) is 13.8 Å². The van der Waals surface area contributed by atoms with Gasteiger partial charge in [-0.15, -0.1) is 0 Å². The van der Waals surface area contributed by atoms with E-state index in [0.29, 0.717) is 6.42 Å². The molecule has 0 bridgehead atoms. The van der Waals surface area contributed by atoms with Crippen molar-refractivity contribution in [2.75, 3.05) is 0 Å². The van der Waals surface area contributed by atoms with Crippen LogP contribution in [0.15, 0.2) is 0 Å². The lowest BCUT2D eigenvalue weighted by atomic mass is 10.0. The highest BCUT2D eigenvalue weighted by Gasteiger charge is 2.23. The second kappa shape index (κ2) is 5.72. The predicted molar refractivity (Wildman–Crippen MR) is 60.7 cm³/mol. The zero-order chi connectivity index (χ0) is 12.9. The number of nitrogens with one attached hydrogen (secondary N) is 2. The maximum Gasteiger partial charge on any atom is 0.408 e. The summed E-state index contributed by atoms with van der Waals surface area (Å²) in [6.07, 6.45) is -0.208. The third-order valence-corrected chi connectivity index (χ3v) is 1.71. The Morgan fingerprint density at radius 3 is 2.12 bits per heavy atom. The van der Waals surface area contributed by atoms with Crippen molar-refractivity contribution in [2.24, 2.45) is 5.92 Å². The summed E-state index contributed by atoms with van der Waals surface area (Å²) in [5.41, 5.74) is 6.44. The first-order valence-electron chi connectivity index (χ1n) is 5.37. The molecule has 0 spiro atoms. The van der Waals surface area contributed by atoms with Crippen LogP contribution >= 0.6 is 0 Å². The Morgan fingerprint density at radius 2 is 1.81 bits per heavy atom. The molecule has 0 saturated heterocycles. The van der Waals surface area contributed by atoms with Gasteiger partial charge in [0.2, 0.25) is 0 Å². The van der Waals surface area contributed by atoms with Crippen LogP contribution in [-0.4, -0.2) is 23.6 Å². The minimum atomic E-state index is -0.792. The maximum absolute atomic E-state index is 11.4. The van der Waals surface area contributed by atoms with E-state index in [9.17, 15) is 9.59 Å². The lowest BCUT2D eigenvalue weighted by Gasteiger charge is -2.22. The largest absolute Gasteiger partial charge is 0.444 e. The molecule has 0 aromatic carbocycles. The second-order valence-electron chi connectivity index (χ2n) is 5.19. The average Bonchev–Trinajstić information content (AvgIpc) is 1.97. The van der Waals surface area contributed by atoms with Gasteiger partial charge in [0.05, 0.1) is 0 Å². The molecule has 0 aromatic heterocycles. The molecule has 16 heavy (non-hydrogen) atoms. The van der Waals surface area contributed by atoms with Crippen LogP contribution in [0.2, 0.25) is 0 Å². The number of rotatable bonds is 4. The summed E-state index contributed by atoms with van der Waals surface area (Å²) in [5.74, 6) is -0.561. The summed E-state index contributed by atoms with van der Waals surface area (Å²) in [5, 5.41) is 2.41. The minimum Gasteiger partial charge on any atom is -0.444 e. The molecule has 93 valence electrons. The molecule has 0 aliphatic rings. The second-order valence-corrected chi connectivity index (χ2v) is 5.19. The smallest absolute Gasteiger partial charge is 0.408 e. The van der Waals surface area contributed by atoms with E-state index in [0.717, 1.165) is 0 Å². The molecule has 0 saturated carbocycles. The molecule has 5 heteroatoms. The van der Waals surface area contributed by atoms with E-state index in [1.54, 1.807) is 20.8 Å². The Labute approximate surface area is 96.7 Å². The van der Waals surface area contributed by atoms with Crippen LogP contribution in [0.5, 0.6) is 0 Å². The minimum absolute atomic E-state index is 0.231. The van der Waals surface area contributed by atoms with Crippen LogP contribution in [-0.2, 0) is 9.53 Å². The first-order valence-corrected chi connectivity index (χ1v) is 5.37. The van der Waals surface area contributed by atoms with Crippen molar-refractivity contribution >= 4 is 12.0 Å². The number of hydrogen-bond acceptors (Lipinski definition) is 3.